The highest BCUT2D eigenvalue weighted by molar-refractivity contribution is 6.01. The Bertz CT molecular complexity index is 1060. The number of piperidine rings is 1. The summed E-state index contributed by atoms with van der Waals surface area (Å²) in [6, 6.07) is 14.3. The van der Waals surface area contributed by atoms with Gasteiger partial charge in [-0.05, 0) is 55.8 Å². The molecule has 4 rings (SSSR count). The number of likely N-dealkylation sites (tertiary alicyclic amines) is 1. The lowest BCUT2D eigenvalue weighted by atomic mass is 10.1. The number of carbonyl (C=O) groups excluding carboxylic acids is 1. The zero-order valence-corrected chi connectivity index (χ0v) is 17.5. The number of ether oxygens (including phenoxy) is 1. The van der Waals surface area contributed by atoms with E-state index in [2.05, 4.69) is 28.3 Å². The molecule has 0 radical (unpaired) electrons. The Balaban J connectivity index is 1.34. The summed E-state index contributed by atoms with van der Waals surface area (Å²) in [5, 5.41) is 16.2. The maximum atomic E-state index is 12.7. The van der Waals surface area contributed by atoms with Gasteiger partial charge in [0.1, 0.15) is 23.9 Å². The van der Waals surface area contributed by atoms with Crippen molar-refractivity contribution in [2.24, 2.45) is 0 Å². The van der Waals surface area contributed by atoms with E-state index in [-0.39, 0.29) is 24.3 Å². The largest absolute Gasteiger partial charge is 0.486 e. The molecule has 1 fully saturated rings. The summed E-state index contributed by atoms with van der Waals surface area (Å²) in [7, 11) is 0. The van der Waals surface area contributed by atoms with Gasteiger partial charge in [0.25, 0.3) is 5.91 Å². The Morgan fingerprint density at radius 3 is 2.71 bits per heavy atom. The molecule has 2 aromatic heterocycles. The second-order valence-corrected chi connectivity index (χ2v) is 7.47. The van der Waals surface area contributed by atoms with Crippen LogP contribution in [0.5, 0.6) is 5.75 Å². The summed E-state index contributed by atoms with van der Waals surface area (Å²) in [4.78, 5) is 15.1. The van der Waals surface area contributed by atoms with E-state index in [4.69, 9.17) is 14.4 Å². The molecule has 1 N–H and O–H groups in total. The fraction of sp³-hybridized carbons (Fsp3) is 0.348. The second kappa shape index (κ2) is 9.49. The normalized spacial score (nSPS) is 14.8. The van der Waals surface area contributed by atoms with E-state index in [1.807, 2.05) is 10.7 Å². The van der Waals surface area contributed by atoms with E-state index in [0.717, 1.165) is 32.5 Å². The van der Waals surface area contributed by atoms with Crippen LogP contribution in [0.15, 0.2) is 53.1 Å². The van der Waals surface area contributed by atoms with Gasteiger partial charge in [0, 0.05) is 19.2 Å². The number of furan rings is 1. The van der Waals surface area contributed by atoms with Crippen molar-refractivity contribution in [3.63, 3.8) is 0 Å². The molecule has 1 amide bonds. The lowest BCUT2D eigenvalue weighted by Gasteiger charge is -2.31. The summed E-state index contributed by atoms with van der Waals surface area (Å²) < 4.78 is 13.2. The van der Waals surface area contributed by atoms with Gasteiger partial charge in [0.2, 0.25) is 0 Å². The zero-order chi connectivity index (χ0) is 21.6. The minimum Gasteiger partial charge on any atom is -0.486 e. The van der Waals surface area contributed by atoms with E-state index in [1.54, 1.807) is 42.6 Å². The Kier molecular flexibility index (Phi) is 6.34. The van der Waals surface area contributed by atoms with Crippen molar-refractivity contribution < 1.29 is 13.9 Å². The van der Waals surface area contributed by atoms with E-state index in [0.29, 0.717) is 22.9 Å². The molecule has 31 heavy (non-hydrogen) atoms. The second-order valence-electron chi connectivity index (χ2n) is 7.47. The summed E-state index contributed by atoms with van der Waals surface area (Å²) in [6.45, 7) is 5.50. The average Bonchev–Trinajstić information content (AvgIpc) is 3.48. The number of carbonyl (C=O) groups is 1. The SMILES string of the molecule is CCN1CCC(n2nccc2NC(=O)c2ccc(COc3ccc(C#N)cc3)o2)CC1. The highest BCUT2D eigenvalue weighted by Gasteiger charge is 2.23. The first-order valence-corrected chi connectivity index (χ1v) is 10.4. The highest BCUT2D eigenvalue weighted by Crippen LogP contribution is 2.25. The lowest BCUT2D eigenvalue weighted by molar-refractivity contribution is 0.0991. The monoisotopic (exact) mass is 419 g/mol. The van der Waals surface area contributed by atoms with Crippen LogP contribution in [0.3, 0.4) is 0 Å². The van der Waals surface area contributed by atoms with Gasteiger partial charge in [-0.3, -0.25) is 4.79 Å². The molecule has 1 aliphatic heterocycles. The molecule has 8 heteroatoms. The van der Waals surface area contributed by atoms with Crippen molar-refractivity contribution in [2.45, 2.75) is 32.4 Å². The molecule has 1 aliphatic rings. The van der Waals surface area contributed by atoms with Crippen molar-refractivity contribution >= 4 is 11.7 Å². The molecule has 8 nitrogen and oxygen atoms in total. The van der Waals surface area contributed by atoms with Crippen LogP contribution >= 0.6 is 0 Å². The standard InChI is InChI=1S/C23H25N5O3/c1-2-27-13-10-18(11-14-27)28-22(9-12-25-28)26-23(29)21-8-7-20(31-21)16-30-19-5-3-17(15-24)4-6-19/h3-9,12,18H,2,10-11,13-14,16H2,1H3,(H,26,29). The lowest BCUT2D eigenvalue weighted by Crippen LogP contribution is -2.35. The number of anilines is 1. The first kappa shape index (κ1) is 20.7. The molecule has 0 bridgehead atoms. The Morgan fingerprint density at radius 2 is 2.00 bits per heavy atom. The minimum atomic E-state index is -0.322. The number of rotatable bonds is 7. The van der Waals surface area contributed by atoms with Gasteiger partial charge in [-0.15, -0.1) is 0 Å². The predicted octanol–water partition coefficient (Wildman–Crippen LogP) is 3.84. The fourth-order valence-electron chi connectivity index (χ4n) is 3.72. The molecule has 0 unspecified atom stereocenters. The smallest absolute Gasteiger partial charge is 0.292 e. The van der Waals surface area contributed by atoms with E-state index < -0.39 is 0 Å². The van der Waals surface area contributed by atoms with Gasteiger partial charge in [-0.2, -0.15) is 10.4 Å². The van der Waals surface area contributed by atoms with Crippen LogP contribution in [0.4, 0.5) is 5.82 Å². The summed E-state index contributed by atoms with van der Waals surface area (Å²) in [5.41, 5.74) is 0.569. The molecule has 1 aromatic carbocycles. The number of hydrogen-bond acceptors (Lipinski definition) is 6. The number of nitriles is 1. The number of aromatic nitrogens is 2. The van der Waals surface area contributed by atoms with Crippen LogP contribution in [-0.2, 0) is 6.61 Å². The molecule has 1 saturated heterocycles. The van der Waals surface area contributed by atoms with Crippen LogP contribution in [0.2, 0.25) is 0 Å². The van der Waals surface area contributed by atoms with Crippen molar-refractivity contribution in [2.75, 3.05) is 25.0 Å². The van der Waals surface area contributed by atoms with Crippen molar-refractivity contribution in [1.82, 2.24) is 14.7 Å². The molecule has 0 atom stereocenters. The third-order valence-electron chi connectivity index (χ3n) is 5.51. The summed E-state index contributed by atoms with van der Waals surface area (Å²) >= 11 is 0. The minimum absolute atomic E-state index is 0.188. The van der Waals surface area contributed by atoms with Gasteiger partial charge >= 0.3 is 0 Å². The number of nitrogens with zero attached hydrogens (tertiary/aromatic N) is 4. The fourth-order valence-corrected chi connectivity index (χ4v) is 3.72. The third kappa shape index (κ3) is 4.95. The maximum absolute atomic E-state index is 12.7. The summed E-state index contributed by atoms with van der Waals surface area (Å²) in [5.74, 6) is 1.73. The third-order valence-corrected chi connectivity index (χ3v) is 5.51. The van der Waals surface area contributed by atoms with Crippen molar-refractivity contribution in [1.29, 1.82) is 5.26 Å². The van der Waals surface area contributed by atoms with E-state index >= 15 is 0 Å². The Morgan fingerprint density at radius 1 is 1.23 bits per heavy atom. The molecule has 0 spiro atoms. The van der Waals surface area contributed by atoms with Crippen LogP contribution in [0.1, 0.15) is 47.7 Å². The van der Waals surface area contributed by atoms with Crippen LogP contribution in [0, 0.1) is 11.3 Å². The summed E-state index contributed by atoms with van der Waals surface area (Å²) in [6.07, 6.45) is 3.73. The van der Waals surface area contributed by atoms with Gasteiger partial charge in [0.05, 0.1) is 23.9 Å². The van der Waals surface area contributed by atoms with E-state index in [9.17, 15) is 4.79 Å². The van der Waals surface area contributed by atoms with E-state index in [1.165, 1.54) is 0 Å². The van der Waals surface area contributed by atoms with Gasteiger partial charge in [0.15, 0.2) is 5.76 Å². The number of benzene rings is 1. The molecule has 3 aromatic rings. The van der Waals surface area contributed by atoms with Gasteiger partial charge in [-0.1, -0.05) is 6.92 Å². The molecular formula is C23H25N5O3. The Hall–Kier alpha value is -3.57. The molecule has 0 saturated carbocycles. The number of amides is 1. The maximum Gasteiger partial charge on any atom is 0.292 e. The first-order valence-electron chi connectivity index (χ1n) is 10.4. The topological polar surface area (TPSA) is 96.3 Å². The predicted molar refractivity (Wildman–Crippen MR) is 115 cm³/mol. The number of nitrogens with one attached hydrogen (secondary N) is 1. The van der Waals surface area contributed by atoms with Crippen molar-refractivity contribution in [3.8, 4) is 11.8 Å². The zero-order valence-electron chi connectivity index (χ0n) is 17.5. The van der Waals surface area contributed by atoms with Crippen molar-refractivity contribution in [3.05, 3.63) is 65.7 Å². The molecule has 160 valence electrons. The van der Waals surface area contributed by atoms with Gasteiger partial charge in [-0.25, -0.2) is 4.68 Å². The number of hydrogen-bond donors (Lipinski definition) is 1. The van der Waals surface area contributed by atoms with Crippen LogP contribution in [0.25, 0.3) is 0 Å². The molecular weight excluding hydrogens is 394 g/mol. The average molecular weight is 419 g/mol. The van der Waals surface area contributed by atoms with Crippen LogP contribution < -0.4 is 10.1 Å². The van der Waals surface area contributed by atoms with Crippen LogP contribution in [-0.4, -0.2) is 40.2 Å². The molecule has 0 aliphatic carbocycles. The quantitative estimate of drug-likeness (QED) is 0.625. The Labute approximate surface area is 181 Å². The highest BCUT2D eigenvalue weighted by atomic mass is 16.5. The molecule has 3 heterocycles. The van der Waals surface area contributed by atoms with Gasteiger partial charge < -0.3 is 19.4 Å². The first-order chi connectivity index (χ1) is 15.2.